The Labute approximate surface area is 103 Å². The second-order valence-corrected chi connectivity index (χ2v) is 3.28. The molecule has 0 spiro atoms. The first kappa shape index (κ1) is 17.4. The number of carbonyl (C=O) groups is 1. The highest BCUT2D eigenvalue weighted by atomic mass is 32.1. The number of thiophene rings is 1. The Bertz CT molecular complexity index is 272. The molecule has 0 aromatic carbocycles. The smallest absolute Gasteiger partial charge is 0.222 e. The van der Waals surface area contributed by atoms with E-state index in [1.807, 2.05) is 46.1 Å². The van der Waals surface area contributed by atoms with Crippen LogP contribution in [0.4, 0.5) is 0 Å². The van der Waals surface area contributed by atoms with E-state index in [-0.39, 0.29) is 12.3 Å². The zero-order chi connectivity index (χ0) is 13.0. The summed E-state index contributed by atoms with van der Waals surface area (Å²) in [5, 5.41) is 1.89. The Morgan fingerprint density at radius 3 is 2.38 bits per heavy atom. The van der Waals surface area contributed by atoms with Crippen molar-refractivity contribution in [2.24, 2.45) is 5.73 Å². The first-order valence-corrected chi connectivity index (χ1v) is 6.59. The van der Waals surface area contributed by atoms with Crippen LogP contribution in [0.25, 0.3) is 0 Å². The van der Waals surface area contributed by atoms with Gasteiger partial charge in [-0.25, -0.2) is 0 Å². The van der Waals surface area contributed by atoms with Gasteiger partial charge in [0.05, 0.1) is 17.9 Å². The molecule has 16 heavy (non-hydrogen) atoms. The predicted octanol–water partition coefficient (Wildman–Crippen LogP) is 3.23. The average molecular weight is 245 g/mol. The van der Waals surface area contributed by atoms with Gasteiger partial charge in [-0.15, -0.1) is 11.3 Å². The molecular formula is C12H23NO2S. The van der Waals surface area contributed by atoms with Crippen molar-refractivity contribution in [3.8, 4) is 5.75 Å². The lowest BCUT2D eigenvalue weighted by atomic mass is 10.3. The Morgan fingerprint density at radius 1 is 1.38 bits per heavy atom. The Balaban J connectivity index is 0. The van der Waals surface area contributed by atoms with Crippen molar-refractivity contribution in [3.63, 3.8) is 0 Å². The summed E-state index contributed by atoms with van der Waals surface area (Å²) < 4.78 is 5.28. The maximum Gasteiger partial charge on any atom is 0.222 e. The number of amides is 1. The lowest BCUT2D eigenvalue weighted by Gasteiger charge is -2.01. The van der Waals surface area contributed by atoms with E-state index in [9.17, 15) is 4.79 Å². The molecule has 3 nitrogen and oxygen atoms in total. The standard InChI is InChI=1S/C8H11NO2S.2C2H6/c1-2-11-6-3-4-12-7(6)5-8(9)10;2*1-2/h3-4H,2,5H2,1H3,(H2,9,10);2*1-2H3. The van der Waals surface area contributed by atoms with Crippen LogP contribution in [-0.4, -0.2) is 12.5 Å². The number of hydrogen-bond acceptors (Lipinski definition) is 3. The molecule has 1 amide bonds. The van der Waals surface area contributed by atoms with Gasteiger partial charge in [-0.2, -0.15) is 0 Å². The van der Waals surface area contributed by atoms with Gasteiger partial charge >= 0.3 is 0 Å². The lowest BCUT2D eigenvalue weighted by Crippen LogP contribution is -2.13. The summed E-state index contributed by atoms with van der Waals surface area (Å²) in [6, 6.07) is 1.85. The molecule has 0 aliphatic carbocycles. The maximum atomic E-state index is 10.6. The van der Waals surface area contributed by atoms with E-state index in [4.69, 9.17) is 10.5 Å². The number of rotatable bonds is 4. The minimum absolute atomic E-state index is 0.271. The molecule has 0 aliphatic heterocycles. The molecule has 0 radical (unpaired) electrons. The van der Waals surface area contributed by atoms with Crippen LogP contribution >= 0.6 is 11.3 Å². The number of hydrogen-bond donors (Lipinski definition) is 1. The molecule has 1 rings (SSSR count). The molecule has 0 unspecified atom stereocenters. The topological polar surface area (TPSA) is 52.3 Å². The van der Waals surface area contributed by atoms with Gasteiger partial charge in [-0.1, -0.05) is 27.7 Å². The molecule has 4 heteroatoms. The monoisotopic (exact) mass is 245 g/mol. The van der Waals surface area contributed by atoms with E-state index in [2.05, 4.69) is 0 Å². The molecule has 0 saturated carbocycles. The Hall–Kier alpha value is -1.03. The van der Waals surface area contributed by atoms with Gasteiger partial charge in [-0.05, 0) is 18.4 Å². The van der Waals surface area contributed by atoms with E-state index >= 15 is 0 Å². The minimum atomic E-state index is -0.321. The highest BCUT2D eigenvalue weighted by Gasteiger charge is 2.07. The minimum Gasteiger partial charge on any atom is -0.493 e. The molecule has 1 aromatic rings. The van der Waals surface area contributed by atoms with Gasteiger partial charge in [0.1, 0.15) is 5.75 Å². The maximum absolute atomic E-state index is 10.6. The third-order valence-corrected chi connectivity index (χ3v) is 2.24. The number of primary amides is 1. The van der Waals surface area contributed by atoms with Gasteiger partial charge < -0.3 is 10.5 Å². The third-order valence-electron chi connectivity index (χ3n) is 1.34. The fraction of sp³-hybridized carbons (Fsp3) is 0.583. The van der Waals surface area contributed by atoms with Gasteiger partial charge in [0, 0.05) is 0 Å². The molecule has 0 bridgehead atoms. The fourth-order valence-electron chi connectivity index (χ4n) is 0.900. The van der Waals surface area contributed by atoms with Crippen LogP contribution in [0, 0.1) is 0 Å². The van der Waals surface area contributed by atoms with Crippen molar-refractivity contribution < 1.29 is 9.53 Å². The van der Waals surface area contributed by atoms with Gasteiger partial charge in [-0.3, -0.25) is 4.79 Å². The van der Waals surface area contributed by atoms with Crippen LogP contribution < -0.4 is 10.5 Å². The summed E-state index contributed by atoms with van der Waals surface area (Å²) in [6.45, 7) is 10.5. The van der Waals surface area contributed by atoms with E-state index < -0.39 is 0 Å². The number of ether oxygens (including phenoxy) is 1. The highest BCUT2D eigenvalue weighted by Crippen LogP contribution is 2.24. The van der Waals surface area contributed by atoms with Crippen LogP contribution in [0.2, 0.25) is 0 Å². The SMILES string of the molecule is CC.CC.CCOc1ccsc1CC(N)=O. The van der Waals surface area contributed by atoms with E-state index in [0.29, 0.717) is 6.61 Å². The summed E-state index contributed by atoms with van der Waals surface area (Å²) in [4.78, 5) is 11.5. The highest BCUT2D eigenvalue weighted by molar-refractivity contribution is 7.10. The Kier molecular flexibility index (Phi) is 13.1. The zero-order valence-corrected chi connectivity index (χ0v) is 11.7. The number of carbonyl (C=O) groups excluding carboxylic acids is 1. The van der Waals surface area contributed by atoms with Crippen molar-refractivity contribution in [2.45, 2.75) is 41.0 Å². The third kappa shape index (κ3) is 7.29. The first-order chi connectivity index (χ1) is 7.74. The Morgan fingerprint density at radius 2 is 1.94 bits per heavy atom. The van der Waals surface area contributed by atoms with E-state index in [1.54, 1.807) is 0 Å². The van der Waals surface area contributed by atoms with Crippen LogP contribution in [-0.2, 0) is 11.2 Å². The van der Waals surface area contributed by atoms with E-state index in [1.165, 1.54) is 11.3 Å². The molecule has 1 aromatic heterocycles. The molecule has 0 atom stereocenters. The summed E-state index contributed by atoms with van der Waals surface area (Å²) in [7, 11) is 0. The van der Waals surface area contributed by atoms with Gasteiger partial charge in [0.15, 0.2) is 0 Å². The molecule has 0 aliphatic rings. The molecule has 0 fully saturated rings. The van der Waals surface area contributed by atoms with E-state index in [0.717, 1.165) is 10.6 Å². The zero-order valence-electron chi connectivity index (χ0n) is 10.9. The lowest BCUT2D eigenvalue weighted by molar-refractivity contribution is -0.117. The van der Waals surface area contributed by atoms with Crippen molar-refractivity contribution in [3.05, 3.63) is 16.3 Å². The predicted molar refractivity (Wildman–Crippen MR) is 71.1 cm³/mol. The summed E-state index contributed by atoms with van der Waals surface area (Å²) in [5.74, 6) is 0.458. The van der Waals surface area contributed by atoms with Crippen LogP contribution in [0.1, 0.15) is 39.5 Å². The average Bonchev–Trinajstić information content (AvgIpc) is 2.71. The van der Waals surface area contributed by atoms with Crippen LogP contribution in [0.3, 0.4) is 0 Å². The quantitative estimate of drug-likeness (QED) is 0.885. The summed E-state index contributed by atoms with van der Waals surface area (Å²) >= 11 is 1.49. The molecular weight excluding hydrogens is 222 g/mol. The second kappa shape index (κ2) is 12.0. The van der Waals surface area contributed by atoms with Crippen molar-refractivity contribution >= 4 is 17.2 Å². The van der Waals surface area contributed by atoms with Crippen molar-refractivity contribution in [1.29, 1.82) is 0 Å². The molecule has 0 saturated heterocycles. The van der Waals surface area contributed by atoms with Crippen LogP contribution in [0.5, 0.6) is 5.75 Å². The van der Waals surface area contributed by atoms with Crippen LogP contribution in [0.15, 0.2) is 11.4 Å². The van der Waals surface area contributed by atoms with Crippen molar-refractivity contribution in [1.82, 2.24) is 0 Å². The van der Waals surface area contributed by atoms with Crippen molar-refractivity contribution in [2.75, 3.05) is 6.61 Å². The molecule has 94 valence electrons. The van der Waals surface area contributed by atoms with Gasteiger partial charge in [0.2, 0.25) is 5.91 Å². The summed E-state index contributed by atoms with van der Waals surface area (Å²) in [6.07, 6.45) is 0.271. The summed E-state index contributed by atoms with van der Waals surface area (Å²) in [5.41, 5.74) is 5.06. The fourth-order valence-corrected chi connectivity index (χ4v) is 1.72. The second-order valence-electron chi connectivity index (χ2n) is 2.28. The van der Waals surface area contributed by atoms with Gasteiger partial charge in [0.25, 0.3) is 0 Å². The molecule has 2 N–H and O–H groups in total. The largest absolute Gasteiger partial charge is 0.493 e. The first-order valence-electron chi connectivity index (χ1n) is 5.71. The molecule has 1 heterocycles. The number of nitrogens with two attached hydrogens (primary N) is 1. The normalized spacial score (nSPS) is 8.06.